The highest BCUT2D eigenvalue weighted by Gasteiger charge is 2.48. The third kappa shape index (κ3) is 4.41. The second-order valence-corrected chi connectivity index (χ2v) is 11.7. The fourth-order valence-electron chi connectivity index (χ4n) is 6.69. The molecule has 2 fully saturated rings. The monoisotopic (exact) mass is 511 g/mol. The molecule has 6 rings (SSSR count). The van der Waals surface area contributed by atoms with Crippen LogP contribution in [0, 0.1) is 18.8 Å². The molecule has 1 aromatic carbocycles. The number of anilines is 1. The van der Waals surface area contributed by atoms with Gasteiger partial charge in [0.15, 0.2) is 0 Å². The molecule has 8 nitrogen and oxygen atoms in total. The summed E-state index contributed by atoms with van der Waals surface area (Å²) in [4.78, 5) is 24.2. The number of aryl methyl sites for hydroxylation is 2. The van der Waals surface area contributed by atoms with Gasteiger partial charge in [-0.25, -0.2) is 4.98 Å². The van der Waals surface area contributed by atoms with Crippen molar-refractivity contribution in [2.75, 3.05) is 18.4 Å². The van der Waals surface area contributed by atoms with Gasteiger partial charge in [0.05, 0.1) is 16.4 Å². The van der Waals surface area contributed by atoms with Gasteiger partial charge < -0.3 is 14.9 Å². The van der Waals surface area contributed by atoms with Crippen LogP contribution in [0.5, 0.6) is 0 Å². The van der Waals surface area contributed by atoms with Gasteiger partial charge in [0.2, 0.25) is 0 Å². The number of benzene rings is 1. The number of carbonyl (C=O) groups excluding carboxylic acids is 1. The summed E-state index contributed by atoms with van der Waals surface area (Å²) in [6.45, 7) is 9.62. The SMILES string of the molecule is Cc1c[nH]c2c(CN3CCC[C@H](C)C3)cc(C(=O)Nc3cccc(C4(c5nncn5C)CC(C)C4)c3)nc12. The first-order valence-corrected chi connectivity index (χ1v) is 13.8. The quantitative estimate of drug-likeness (QED) is 0.371. The van der Waals surface area contributed by atoms with E-state index in [-0.39, 0.29) is 11.3 Å². The van der Waals surface area contributed by atoms with E-state index in [0.29, 0.717) is 17.5 Å². The van der Waals surface area contributed by atoms with Crippen molar-refractivity contribution in [3.8, 4) is 0 Å². The minimum absolute atomic E-state index is 0.177. The van der Waals surface area contributed by atoms with E-state index in [0.717, 1.165) is 71.7 Å². The maximum atomic E-state index is 13.5. The van der Waals surface area contributed by atoms with Crippen molar-refractivity contribution in [1.82, 2.24) is 29.6 Å². The van der Waals surface area contributed by atoms with Crippen molar-refractivity contribution in [1.29, 1.82) is 0 Å². The summed E-state index contributed by atoms with van der Waals surface area (Å²) in [5.41, 5.74) is 6.28. The van der Waals surface area contributed by atoms with Crippen LogP contribution >= 0.6 is 0 Å². The molecule has 4 aromatic rings. The molecule has 198 valence electrons. The Bertz CT molecular complexity index is 1480. The number of nitrogens with one attached hydrogen (secondary N) is 2. The Morgan fingerprint density at radius 3 is 2.79 bits per heavy atom. The fraction of sp³-hybridized carbons (Fsp3) is 0.467. The van der Waals surface area contributed by atoms with Crippen LogP contribution in [0.15, 0.2) is 42.9 Å². The Balaban J connectivity index is 1.29. The summed E-state index contributed by atoms with van der Waals surface area (Å²) in [5, 5.41) is 11.7. The molecule has 0 radical (unpaired) electrons. The predicted octanol–water partition coefficient (Wildman–Crippen LogP) is 5.20. The highest BCUT2D eigenvalue weighted by Crippen LogP contribution is 2.51. The van der Waals surface area contributed by atoms with Gasteiger partial charge in [0.1, 0.15) is 17.8 Å². The number of pyridine rings is 1. The van der Waals surface area contributed by atoms with Gasteiger partial charge in [-0.3, -0.25) is 9.69 Å². The zero-order valence-corrected chi connectivity index (χ0v) is 22.8. The van der Waals surface area contributed by atoms with E-state index >= 15 is 0 Å². The van der Waals surface area contributed by atoms with Gasteiger partial charge >= 0.3 is 0 Å². The van der Waals surface area contributed by atoms with Crippen molar-refractivity contribution in [3.63, 3.8) is 0 Å². The third-order valence-electron chi connectivity index (χ3n) is 8.48. The zero-order chi connectivity index (χ0) is 26.4. The van der Waals surface area contributed by atoms with Crippen molar-refractivity contribution >= 4 is 22.6 Å². The average molecular weight is 512 g/mol. The Hall–Kier alpha value is -3.52. The van der Waals surface area contributed by atoms with Gasteiger partial charge in [-0.05, 0) is 85.9 Å². The maximum absolute atomic E-state index is 13.5. The van der Waals surface area contributed by atoms with Gasteiger partial charge in [-0.15, -0.1) is 10.2 Å². The van der Waals surface area contributed by atoms with Crippen molar-refractivity contribution in [2.45, 2.75) is 58.4 Å². The topological polar surface area (TPSA) is 91.7 Å². The van der Waals surface area contributed by atoms with E-state index in [9.17, 15) is 4.79 Å². The molecule has 1 aliphatic carbocycles. The van der Waals surface area contributed by atoms with Gasteiger partial charge in [0.25, 0.3) is 5.91 Å². The first-order valence-electron chi connectivity index (χ1n) is 13.8. The summed E-state index contributed by atoms with van der Waals surface area (Å²) in [6.07, 6.45) is 8.28. The van der Waals surface area contributed by atoms with E-state index in [1.165, 1.54) is 12.8 Å². The lowest BCUT2D eigenvalue weighted by atomic mass is 9.58. The molecular formula is C30H37N7O. The largest absolute Gasteiger partial charge is 0.359 e. The number of H-pyrrole nitrogens is 1. The summed E-state index contributed by atoms with van der Waals surface area (Å²) in [7, 11) is 2.00. The molecule has 1 aliphatic heterocycles. The van der Waals surface area contributed by atoms with Crippen LogP contribution in [-0.4, -0.2) is 48.6 Å². The number of aromatic nitrogens is 5. The molecular weight excluding hydrogens is 474 g/mol. The minimum atomic E-state index is -0.187. The number of aromatic amines is 1. The second-order valence-electron chi connectivity index (χ2n) is 11.7. The number of hydrogen-bond acceptors (Lipinski definition) is 5. The van der Waals surface area contributed by atoms with Crippen molar-refractivity contribution in [2.24, 2.45) is 18.9 Å². The normalized spacial score (nSPS) is 23.9. The Kier molecular flexibility index (Phi) is 6.30. The molecule has 2 aliphatic rings. The number of fused-ring (bicyclic) bond motifs is 1. The predicted molar refractivity (Wildman–Crippen MR) is 149 cm³/mol. The lowest BCUT2D eigenvalue weighted by Gasteiger charge is -2.46. The van der Waals surface area contributed by atoms with Gasteiger partial charge in [-0.1, -0.05) is 26.0 Å². The molecule has 0 bridgehead atoms. The first kappa shape index (κ1) is 24.8. The molecule has 38 heavy (non-hydrogen) atoms. The highest BCUT2D eigenvalue weighted by molar-refractivity contribution is 6.04. The van der Waals surface area contributed by atoms with Crippen LogP contribution < -0.4 is 5.32 Å². The number of carbonyl (C=O) groups is 1. The molecule has 3 aromatic heterocycles. The maximum Gasteiger partial charge on any atom is 0.274 e. The summed E-state index contributed by atoms with van der Waals surface area (Å²) >= 11 is 0. The Labute approximate surface area is 223 Å². The van der Waals surface area contributed by atoms with Crippen LogP contribution in [-0.2, 0) is 19.0 Å². The molecule has 4 heterocycles. The van der Waals surface area contributed by atoms with Gasteiger partial charge in [-0.2, -0.15) is 0 Å². The lowest BCUT2D eigenvalue weighted by Crippen LogP contribution is -2.43. The van der Waals surface area contributed by atoms with E-state index in [2.05, 4.69) is 51.4 Å². The molecule has 0 spiro atoms. The first-order chi connectivity index (χ1) is 18.3. The summed E-state index contributed by atoms with van der Waals surface area (Å²) in [5.74, 6) is 2.11. The molecule has 8 heteroatoms. The van der Waals surface area contributed by atoms with E-state index in [1.807, 2.05) is 42.9 Å². The number of nitrogens with zero attached hydrogens (tertiary/aromatic N) is 5. The highest BCUT2D eigenvalue weighted by atomic mass is 16.1. The van der Waals surface area contributed by atoms with E-state index in [4.69, 9.17) is 4.98 Å². The van der Waals surface area contributed by atoms with E-state index in [1.54, 1.807) is 6.33 Å². The second kappa shape index (κ2) is 9.66. The van der Waals surface area contributed by atoms with Crippen molar-refractivity contribution < 1.29 is 4.79 Å². The smallest absolute Gasteiger partial charge is 0.274 e. The number of likely N-dealkylation sites (tertiary alicyclic amines) is 1. The summed E-state index contributed by atoms with van der Waals surface area (Å²) < 4.78 is 2.01. The molecule has 1 amide bonds. The summed E-state index contributed by atoms with van der Waals surface area (Å²) in [6, 6.07) is 10.2. The third-order valence-corrected chi connectivity index (χ3v) is 8.48. The molecule has 1 atom stereocenters. The number of amides is 1. The molecule has 2 N–H and O–H groups in total. The number of hydrogen-bond donors (Lipinski definition) is 2. The van der Waals surface area contributed by atoms with Crippen LogP contribution in [0.3, 0.4) is 0 Å². The van der Waals surface area contributed by atoms with Crippen LogP contribution in [0.2, 0.25) is 0 Å². The van der Waals surface area contributed by atoms with Crippen LogP contribution in [0.1, 0.15) is 72.5 Å². The molecule has 1 saturated heterocycles. The van der Waals surface area contributed by atoms with Crippen LogP contribution in [0.25, 0.3) is 11.0 Å². The average Bonchev–Trinajstić information content (AvgIpc) is 3.48. The molecule has 1 saturated carbocycles. The number of rotatable bonds is 6. The number of piperidine rings is 1. The fourth-order valence-corrected chi connectivity index (χ4v) is 6.69. The lowest BCUT2D eigenvalue weighted by molar-refractivity contribution is 0.102. The Morgan fingerprint density at radius 2 is 2.05 bits per heavy atom. The Morgan fingerprint density at radius 1 is 1.21 bits per heavy atom. The standard InChI is InChI=1S/C30H37N7O/c1-19-7-6-10-37(16-19)17-22-11-25(34-26-21(3)15-31-27(22)26)28(38)33-24-9-5-8-23(12-24)30(13-20(2)14-30)29-35-32-18-36(29)4/h5,8-9,11-12,15,18-20,31H,6-7,10,13-14,16-17H2,1-4H3,(H,33,38)/t19-,20?,30?/m0/s1. The van der Waals surface area contributed by atoms with E-state index < -0.39 is 0 Å². The van der Waals surface area contributed by atoms with Gasteiger partial charge in [0, 0.05) is 32.0 Å². The minimum Gasteiger partial charge on any atom is -0.359 e. The van der Waals surface area contributed by atoms with Crippen molar-refractivity contribution in [3.05, 3.63) is 71.1 Å². The zero-order valence-electron chi connectivity index (χ0n) is 22.8. The van der Waals surface area contributed by atoms with Crippen LogP contribution in [0.4, 0.5) is 5.69 Å². The molecule has 0 unspecified atom stereocenters.